The van der Waals surface area contributed by atoms with Gasteiger partial charge in [0.2, 0.25) is 0 Å². The van der Waals surface area contributed by atoms with Gasteiger partial charge in [0.25, 0.3) is 5.91 Å². The Morgan fingerprint density at radius 3 is 2.38 bits per heavy atom. The molecule has 2 rings (SSSR count). The number of carbonyl (C=O) groups excluding carboxylic acids is 2. The number of ether oxygens (including phenoxy) is 1. The third-order valence-corrected chi connectivity index (χ3v) is 3.89. The van der Waals surface area contributed by atoms with Gasteiger partial charge in [0.05, 0.1) is 12.1 Å². The summed E-state index contributed by atoms with van der Waals surface area (Å²) in [5.41, 5.74) is 2.31. The molecule has 0 saturated heterocycles. The SMILES string of the molecule is Cc1ccc(CC(=O)O[C@@H](C)C(=O)Nc2ccc(F)c(F)c2F)cc1C. The van der Waals surface area contributed by atoms with Crippen molar-refractivity contribution in [2.45, 2.75) is 33.3 Å². The van der Waals surface area contributed by atoms with Crippen molar-refractivity contribution in [1.29, 1.82) is 0 Å². The number of amides is 1. The lowest BCUT2D eigenvalue weighted by Gasteiger charge is -2.14. The molecule has 0 radical (unpaired) electrons. The van der Waals surface area contributed by atoms with Gasteiger partial charge >= 0.3 is 5.97 Å². The zero-order valence-corrected chi connectivity index (χ0v) is 14.5. The average Bonchev–Trinajstić information content (AvgIpc) is 2.58. The molecular formula is C19H18F3NO3. The largest absolute Gasteiger partial charge is 0.452 e. The van der Waals surface area contributed by atoms with E-state index in [-0.39, 0.29) is 6.42 Å². The first kappa shape index (κ1) is 19.5. The molecule has 0 fully saturated rings. The standard InChI is InChI=1S/C19H18F3NO3/c1-10-4-5-13(8-11(10)2)9-16(24)26-12(3)19(25)23-15-7-6-14(20)17(21)18(15)22/h4-8,12H,9H2,1-3H3,(H,23,25)/t12-/m0/s1. The van der Waals surface area contributed by atoms with Gasteiger partial charge in [-0.2, -0.15) is 0 Å². The van der Waals surface area contributed by atoms with E-state index < -0.39 is 41.1 Å². The van der Waals surface area contributed by atoms with Crippen molar-refractivity contribution in [2.24, 2.45) is 0 Å². The van der Waals surface area contributed by atoms with Crippen LogP contribution in [0.2, 0.25) is 0 Å². The Morgan fingerprint density at radius 2 is 1.73 bits per heavy atom. The second-order valence-electron chi connectivity index (χ2n) is 5.94. The molecule has 0 aliphatic rings. The monoisotopic (exact) mass is 365 g/mol. The molecule has 2 aromatic carbocycles. The molecule has 0 bridgehead atoms. The summed E-state index contributed by atoms with van der Waals surface area (Å²) >= 11 is 0. The van der Waals surface area contributed by atoms with Gasteiger partial charge in [0.15, 0.2) is 23.6 Å². The van der Waals surface area contributed by atoms with Gasteiger partial charge in [-0.1, -0.05) is 18.2 Å². The van der Waals surface area contributed by atoms with Gasteiger partial charge < -0.3 is 10.1 Å². The third kappa shape index (κ3) is 4.62. The number of rotatable bonds is 5. The second kappa shape index (κ2) is 8.03. The van der Waals surface area contributed by atoms with Gasteiger partial charge in [-0.15, -0.1) is 0 Å². The van der Waals surface area contributed by atoms with Crippen LogP contribution in [0.3, 0.4) is 0 Å². The number of hydrogen-bond acceptors (Lipinski definition) is 3. The Bertz CT molecular complexity index is 852. The van der Waals surface area contributed by atoms with Crippen LogP contribution in [0.4, 0.5) is 18.9 Å². The van der Waals surface area contributed by atoms with Crippen LogP contribution in [0.25, 0.3) is 0 Å². The molecule has 0 spiro atoms. The van der Waals surface area contributed by atoms with E-state index in [1.165, 1.54) is 6.92 Å². The molecule has 138 valence electrons. The van der Waals surface area contributed by atoms with Gasteiger partial charge in [-0.05, 0) is 49.6 Å². The highest BCUT2D eigenvalue weighted by Gasteiger charge is 2.21. The minimum Gasteiger partial charge on any atom is -0.452 e. The number of hydrogen-bond donors (Lipinski definition) is 1. The summed E-state index contributed by atoms with van der Waals surface area (Å²) in [5.74, 6) is -6.08. The lowest BCUT2D eigenvalue weighted by molar-refractivity contribution is -0.152. The minimum atomic E-state index is -1.69. The van der Waals surface area contributed by atoms with Gasteiger partial charge in [0.1, 0.15) is 0 Å². The summed E-state index contributed by atoms with van der Waals surface area (Å²) in [7, 11) is 0. The fourth-order valence-corrected chi connectivity index (χ4v) is 2.23. The molecule has 0 aliphatic carbocycles. The first-order chi connectivity index (χ1) is 12.2. The van der Waals surface area contributed by atoms with E-state index in [0.29, 0.717) is 6.07 Å². The van der Waals surface area contributed by atoms with Gasteiger partial charge in [-0.3, -0.25) is 9.59 Å². The quantitative estimate of drug-likeness (QED) is 0.647. The van der Waals surface area contributed by atoms with Crippen LogP contribution < -0.4 is 5.32 Å². The van der Waals surface area contributed by atoms with Crippen LogP contribution in [0.5, 0.6) is 0 Å². The maximum absolute atomic E-state index is 13.6. The summed E-state index contributed by atoms with van der Waals surface area (Å²) in [4.78, 5) is 23.9. The Balaban J connectivity index is 1.97. The number of anilines is 1. The molecule has 0 aromatic heterocycles. The van der Waals surface area contributed by atoms with Crippen LogP contribution in [0, 0.1) is 31.3 Å². The van der Waals surface area contributed by atoms with Crippen LogP contribution in [0.1, 0.15) is 23.6 Å². The molecule has 1 N–H and O–H groups in total. The number of nitrogens with one attached hydrogen (secondary N) is 1. The highest BCUT2D eigenvalue weighted by atomic mass is 19.2. The molecule has 0 heterocycles. The van der Waals surface area contributed by atoms with E-state index in [2.05, 4.69) is 5.32 Å². The van der Waals surface area contributed by atoms with Gasteiger partial charge in [-0.25, -0.2) is 13.2 Å². The fourth-order valence-electron chi connectivity index (χ4n) is 2.23. The van der Waals surface area contributed by atoms with Crippen molar-refractivity contribution in [3.05, 3.63) is 64.5 Å². The van der Waals surface area contributed by atoms with Crippen molar-refractivity contribution in [3.63, 3.8) is 0 Å². The van der Waals surface area contributed by atoms with E-state index >= 15 is 0 Å². The van der Waals surface area contributed by atoms with Crippen molar-refractivity contribution in [1.82, 2.24) is 0 Å². The molecule has 4 nitrogen and oxygen atoms in total. The first-order valence-corrected chi connectivity index (χ1v) is 7.89. The lowest BCUT2D eigenvalue weighted by atomic mass is 10.0. The van der Waals surface area contributed by atoms with Crippen LogP contribution in [-0.4, -0.2) is 18.0 Å². The predicted molar refractivity (Wildman–Crippen MR) is 90.1 cm³/mol. The topological polar surface area (TPSA) is 55.4 Å². The predicted octanol–water partition coefficient (Wildman–Crippen LogP) is 3.83. The summed E-state index contributed by atoms with van der Waals surface area (Å²) in [6.07, 6.45) is -1.26. The normalized spacial score (nSPS) is 11.8. The molecule has 0 unspecified atom stereocenters. The maximum Gasteiger partial charge on any atom is 0.311 e. The van der Waals surface area contributed by atoms with Crippen LogP contribution in [0.15, 0.2) is 30.3 Å². The third-order valence-electron chi connectivity index (χ3n) is 3.89. The molecule has 7 heteroatoms. The number of benzene rings is 2. The lowest BCUT2D eigenvalue weighted by Crippen LogP contribution is -2.31. The first-order valence-electron chi connectivity index (χ1n) is 7.89. The Morgan fingerprint density at radius 1 is 1.04 bits per heavy atom. The van der Waals surface area contributed by atoms with E-state index in [4.69, 9.17) is 4.74 Å². The van der Waals surface area contributed by atoms with Crippen LogP contribution >= 0.6 is 0 Å². The Kier molecular flexibility index (Phi) is 6.02. The zero-order valence-electron chi connectivity index (χ0n) is 14.5. The smallest absolute Gasteiger partial charge is 0.311 e. The fraction of sp³-hybridized carbons (Fsp3) is 0.263. The van der Waals surface area contributed by atoms with E-state index in [9.17, 15) is 22.8 Å². The number of halogens is 3. The molecule has 2 aromatic rings. The summed E-state index contributed by atoms with van der Waals surface area (Å²) in [6, 6.07) is 7.07. The van der Waals surface area contributed by atoms with E-state index in [1.54, 1.807) is 6.07 Å². The molecule has 1 amide bonds. The molecule has 0 saturated carbocycles. The molecular weight excluding hydrogens is 347 g/mol. The number of carbonyl (C=O) groups is 2. The Hall–Kier alpha value is -2.83. The van der Waals surface area contributed by atoms with Crippen molar-refractivity contribution >= 4 is 17.6 Å². The van der Waals surface area contributed by atoms with E-state index in [0.717, 1.165) is 22.8 Å². The highest BCUT2D eigenvalue weighted by Crippen LogP contribution is 2.20. The Labute approximate surface area is 149 Å². The molecule has 1 atom stereocenters. The minimum absolute atomic E-state index is 0.0295. The van der Waals surface area contributed by atoms with Crippen molar-refractivity contribution in [2.75, 3.05) is 5.32 Å². The maximum atomic E-state index is 13.6. The summed E-state index contributed by atoms with van der Waals surface area (Å²) in [5, 5.41) is 2.07. The average molecular weight is 365 g/mol. The number of aryl methyl sites for hydroxylation is 2. The van der Waals surface area contributed by atoms with Crippen LogP contribution in [-0.2, 0) is 20.7 Å². The second-order valence-corrected chi connectivity index (χ2v) is 5.94. The van der Waals surface area contributed by atoms with Crippen molar-refractivity contribution in [3.8, 4) is 0 Å². The molecule has 26 heavy (non-hydrogen) atoms. The summed E-state index contributed by atoms with van der Waals surface area (Å²) in [6.45, 7) is 5.16. The van der Waals surface area contributed by atoms with E-state index in [1.807, 2.05) is 26.0 Å². The molecule has 0 aliphatic heterocycles. The zero-order chi connectivity index (χ0) is 19.4. The van der Waals surface area contributed by atoms with Gasteiger partial charge in [0, 0.05) is 0 Å². The summed E-state index contributed by atoms with van der Waals surface area (Å²) < 4.78 is 44.6. The highest BCUT2D eigenvalue weighted by molar-refractivity contribution is 5.95. The van der Waals surface area contributed by atoms with Crippen molar-refractivity contribution < 1.29 is 27.5 Å². The number of esters is 1.